The third kappa shape index (κ3) is 2.08. The topological polar surface area (TPSA) is 74.7 Å². The van der Waals surface area contributed by atoms with Crippen LogP contribution in [-0.4, -0.2) is 34.3 Å². The number of hydrogen-bond acceptors (Lipinski definition) is 3. The second kappa shape index (κ2) is 3.57. The van der Waals surface area contributed by atoms with Crippen LogP contribution in [0.5, 0.6) is 0 Å². The number of carboxylic acids is 1. The lowest BCUT2D eigenvalue weighted by molar-refractivity contribution is -0.169. The van der Waals surface area contributed by atoms with Crippen LogP contribution in [0.3, 0.4) is 0 Å². The second-order valence-corrected chi connectivity index (χ2v) is 5.53. The standard InChI is InChI=1S/C11H17NO4/c1-10(2)6-11(3,4)9(16)12(8(10)15)5-7(13)14/h5-6H2,1-4H3,(H,13,14). The highest BCUT2D eigenvalue weighted by Crippen LogP contribution is 2.41. The van der Waals surface area contributed by atoms with Crippen LogP contribution in [0, 0.1) is 10.8 Å². The van der Waals surface area contributed by atoms with Crippen molar-refractivity contribution in [1.29, 1.82) is 0 Å². The minimum Gasteiger partial charge on any atom is -0.480 e. The number of imide groups is 1. The van der Waals surface area contributed by atoms with Gasteiger partial charge in [0, 0.05) is 10.8 Å². The zero-order valence-electron chi connectivity index (χ0n) is 10.0. The van der Waals surface area contributed by atoms with E-state index in [1.165, 1.54) is 0 Å². The van der Waals surface area contributed by atoms with E-state index in [0.29, 0.717) is 6.42 Å². The van der Waals surface area contributed by atoms with Crippen LogP contribution in [0.25, 0.3) is 0 Å². The summed E-state index contributed by atoms with van der Waals surface area (Å²) in [7, 11) is 0. The van der Waals surface area contributed by atoms with E-state index in [-0.39, 0.29) is 0 Å². The van der Waals surface area contributed by atoms with Gasteiger partial charge < -0.3 is 5.11 Å². The van der Waals surface area contributed by atoms with Gasteiger partial charge in [0.2, 0.25) is 11.8 Å². The van der Waals surface area contributed by atoms with Gasteiger partial charge in [0.15, 0.2) is 0 Å². The lowest BCUT2D eigenvalue weighted by Gasteiger charge is -2.43. The first-order valence-corrected chi connectivity index (χ1v) is 5.16. The van der Waals surface area contributed by atoms with E-state index in [1.807, 2.05) is 0 Å². The van der Waals surface area contributed by atoms with E-state index >= 15 is 0 Å². The number of piperidine rings is 1. The molecule has 0 aromatic heterocycles. The normalized spacial score (nSPS) is 23.4. The zero-order valence-corrected chi connectivity index (χ0v) is 10.0. The summed E-state index contributed by atoms with van der Waals surface area (Å²) in [6, 6.07) is 0. The molecule has 0 aromatic rings. The van der Waals surface area contributed by atoms with Crippen molar-refractivity contribution in [2.45, 2.75) is 34.1 Å². The minimum atomic E-state index is -1.17. The predicted octanol–water partition coefficient (Wildman–Crippen LogP) is 0.882. The Bertz CT molecular complexity index is 331. The number of carbonyl (C=O) groups is 3. The molecular weight excluding hydrogens is 210 g/mol. The molecule has 0 spiro atoms. The number of aliphatic carboxylic acids is 1. The summed E-state index contributed by atoms with van der Waals surface area (Å²) < 4.78 is 0. The van der Waals surface area contributed by atoms with Gasteiger partial charge in [0.25, 0.3) is 0 Å². The van der Waals surface area contributed by atoms with Crippen molar-refractivity contribution in [3.05, 3.63) is 0 Å². The van der Waals surface area contributed by atoms with Crippen molar-refractivity contribution in [1.82, 2.24) is 4.90 Å². The summed E-state index contributed by atoms with van der Waals surface area (Å²) in [6.07, 6.45) is 0.438. The van der Waals surface area contributed by atoms with Gasteiger partial charge >= 0.3 is 5.97 Å². The maximum absolute atomic E-state index is 11.9. The second-order valence-electron chi connectivity index (χ2n) is 5.53. The first-order chi connectivity index (χ1) is 7.08. The van der Waals surface area contributed by atoms with Gasteiger partial charge in [-0.15, -0.1) is 0 Å². The molecule has 90 valence electrons. The van der Waals surface area contributed by atoms with Crippen LogP contribution in [0.1, 0.15) is 34.1 Å². The van der Waals surface area contributed by atoms with E-state index in [1.54, 1.807) is 27.7 Å². The first kappa shape index (κ1) is 12.7. The molecule has 16 heavy (non-hydrogen) atoms. The van der Waals surface area contributed by atoms with Crippen molar-refractivity contribution in [3.63, 3.8) is 0 Å². The molecule has 5 nitrogen and oxygen atoms in total. The summed E-state index contributed by atoms with van der Waals surface area (Å²) in [4.78, 5) is 35.3. The molecule has 1 saturated heterocycles. The molecule has 1 N–H and O–H groups in total. The lowest BCUT2D eigenvalue weighted by Crippen LogP contribution is -2.57. The molecule has 0 aliphatic carbocycles. The maximum atomic E-state index is 11.9. The number of carboxylic acid groups (broad SMARTS) is 1. The van der Waals surface area contributed by atoms with Crippen LogP contribution < -0.4 is 0 Å². The van der Waals surface area contributed by atoms with Gasteiger partial charge in [0.1, 0.15) is 6.54 Å². The number of rotatable bonds is 2. The fourth-order valence-electron chi connectivity index (χ4n) is 2.36. The highest BCUT2D eigenvalue weighted by Gasteiger charge is 2.50. The number of nitrogens with zero attached hydrogens (tertiary/aromatic N) is 1. The average Bonchev–Trinajstić information content (AvgIpc) is 2.08. The molecule has 1 aliphatic rings. The van der Waals surface area contributed by atoms with E-state index in [0.717, 1.165) is 4.90 Å². The minimum absolute atomic E-state index is 0.403. The van der Waals surface area contributed by atoms with Gasteiger partial charge in [-0.1, -0.05) is 27.7 Å². The molecular formula is C11H17NO4. The summed E-state index contributed by atoms with van der Waals surface area (Å²) in [5.41, 5.74) is -1.38. The largest absolute Gasteiger partial charge is 0.480 e. The molecule has 0 radical (unpaired) electrons. The molecule has 0 unspecified atom stereocenters. The molecule has 1 fully saturated rings. The highest BCUT2D eigenvalue weighted by atomic mass is 16.4. The van der Waals surface area contributed by atoms with Crippen LogP contribution in [0.2, 0.25) is 0 Å². The van der Waals surface area contributed by atoms with Crippen molar-refractivity contribution in [3.8, 4) is 0 Å². The molecule has 2 amide bonds. The molecule has 1 heterocycles. The van der Waals surface area contributed by atoms with E-state index < -0.39 is 35.2 Å². The summed E-state index contributed by atoms with van der Waals surface area (Å²) in [6.45, 7) is 6.39. The van der Waals surface area contributed by atoms with Crippen molar-refractivity contribution in [2.24, 2.45) is 10.8 Å². The van der Waals surface area contributed by atoms with Gasteiger partial charge in [0.05, 0.1) is 0 Å². The molecule has 1 rings (SSSR count). The first-order valence-electron chi connectivity index (χ1n) is 5.16. The molecule has 0 aromatic carbocycles. The summed E-state index contributed by atoms with van der Waals surface area (Å²) >= 11 is 0. The fourth-order valence-corrected chi connectivity index (χ4v) is 2.36. The Hall–Kier alpha value is -1.39. The van der Waals surface area contributed by atoms with Crippen molar-refractivity contribution >= 4 is 17.8 Å². The summed E-state index contributed by atoms with van der Waals surface area (Å²) in [5, 5.41) is 8.70. The number of carbonyl (C=O) groups excluding carboxylic acids is 2. The molecule has 0 saturated carbocycles. The van der Waals surface area contributed by atoms with Gasteiger partial charge in [-0.3, -0.25) is 19.3 Å². The number of hydrogen-bond donors (Lipinski definition) is 1. The van der Waals surface area contributed by atoms with Gasteiger partial charge in [-0.25, -0.2) is 0 Å². The third-order valence-electron chi connectivity index (χ3n) is 2.83. The highest BCUT2D eigenvalue weighted by molar-refractivity contribution is 6.04. The SMILES string of the molecule is CC1(C)CC(C)(C)C(=O)N(CC(=O)O)C1=O. The third-order valence-corrected chi connectivity index (χ3v) is 2.83. The zero-order chi connectivity index (χ0) is 12.7. The van der Waals surface area contributed by atoms with E-state index in [4.69, 9.17) is 5.11 Å². The number of likely N-dealkylation sites (tertiary alicyclic amines) is 1. The van der Waals surface area contributed by atoms with E-state index in [9.17, 15) is 14.4 Å². The molecule has 5 heteroatoms. The lowest BCUT2D eigenvalue weighted by atomic mass is 9.70. The maximum Gasteiger partial charge on any atom is 0.323 e. The Kier molecular flexibility index (Phi) is 2.83. The van der Waals surface area contributed by atoms with Crippen molar-refractivity contribution in [2.75, 3.05) is 6.54 Å². The van der Waals surface area contributed by atoms with Crippen LogP contribution in [-0.2, 0) is 14.4 Å². The van der Waals surface area contributed by atoms with Gasteiger partial charge in [-0.2, -0.15) is 0 Å². The Balaban J connectivity index is 3.09. The van der Waals surface area contributed by atoms with Crippen LogP contribution in [0.4, 0.5) is 0 Å². The quantitative estimate of drug-likeness (QED) is 0.711. The number of amides is 2. The average molecular weight is 227 g/mol. The predicted molar refractivity (Wildman–Crippen MR) is 56.5 cm³/mol. The molecule has 1 aliphatic heterocycles. The Morgan fingerprint density at radius 3 is 1.88 bits per heavy atom. The smallest absolute Gasteiger partial charge is 0.323 e. The Morgan fingerprint density at radius 2 is 1.56 bits per heavy atom. The van der Waals surface area contributed by atoms with Gasteiger partial charge in [-0.05, 0) is 6.42 Å². The Morgan fingerprint density at radius 1 is 1.19 bits per heavy atom. The van der Waals surface area contributed by atoms with E-state index in [2.05, 4.69) is 0 Å². The molecule has 0 atom stereocenters. The van der Waals surface area contributed by atoms with Crippen molar-refractivity contribution < 1.29 is 19.5 Å². The summed E-state index contributed by atoms with van der Waals surface area (Å²) in [5.74, 6) is -1.98. The fraction of sp³-hybridized carbons (Fsp3) is 0.727. The Labute approximate surface area is 94.4 Å². The monoisotopic (exact) mass is 227 g/mol. The van der Waals surface area contributed by atoms with Crippen LogP contribution >= 0.6 is 0 Å². The van der Waals surface area contributed by atoms with Crippen LogP contribution in [0.15, 0.2) is 0 Å². The molecule has 0 bridgehead atoms.